The predicted octanol–water partition coefficient (Wildman–Crippen LogP) is 4.64. The molecule has 1 aromatic heterocycles. The summed E-state index contributed by atoms with van der Waals surface area (Å²) >= 11 is 0. The number of pyridine rings is 1. The Bertz CT molecular complexity index is 775. The molecule has 110 valence electrons. The summed E-state index contributed by atoms with van der Waals surface area (Å²) in [4.78, 5) is 0. The summed E-state index contributed by atoms with van der Waals surface area (Å²) in [5, 5.41) is 0. The molecule has 0 bridgehead atoms. The number of benzene rings is 2. The number of hydrogen-bond acceptors (Lipinski definition) is 0. The summed E-state index contributed by atoms with van der Waals surface area (Å²) in [6.45, 7) is 4.45. The highest BCUT2D eigenvalue weighted by atomic mass is 14.9. The van der Waals surface area contributed by atoms with Crippen LogP contribution >= 0.6 is 0 Å². The maximum Gasteiger partial charge on any atom is 0.212 e. The van der Waals surface area contributed by atoms with E-state index >= 15 is 0 Å². The monoisotopic (exact) mass is 288 g/mol. The van der Waals surface area contributed by atoms with E-state index < -0.39 is 0 Å². The highest BCUT2D eigenvalue weighted by Crippen LogP contribution is 2.29. The quantitative estimate of drug-likeness (QED) is 0.618. The Kier molecular flexibility index (Phi) is 4.06. The molecule has 0 saturated carbocycles. The van der Waals surface area contributed by atoms with Crippen LogP contribution in [0.5, 0.6) is 0 Å². The molecule has 1 unspecified atom stereocenters. The first-order valence-electron chi connectivity index (χ1n) is 7.77. The summed E-state index contributed by atoms with van der Waals surface area (Å²) in [5.41, 5.74) is 6.58. The fourth-order valence-electron chi connectivity index (χ4n) is 2.92. The van der Waals surface area contributed by atoms with Crippen molar-refractivity contribution in [2.24, 2.45) is 7.05 Å². The molecule has 0 aliphatic rings. The Morgan fingerprint density at radius 1 is 0.818 bits per heavy atom. The van der Waals surface area contributed by atoms with Gasteiger partial charge in [-0.1, -0.05) is 49.4 Å². The maximum atomic E-state index is 2.34. The first kappa shape index (κ1) is 14.5. The van der Waals surface area contributed by atoms with Gasteiger partial charge in [-0.05, 0) is 35.7 Å². The molecule has 1 nitrogen and oxygen atoms in total. The van der Waals surface area contributed by atoms with Gasteiger partial charge in [0, 0.05) is 23.6 Å². The topological polar surface area (TPSA) is 3.88 Å². The summed E-state index contributed by atoms with van der Waals surface area (Å²) in [5.74, 6) is 0.398. The number of hydrogen-bond donors (Lipinski definition) is 0. The van der Waals surface area contributed by atoms with Crippen LogP contribution in [0.1, 0.15) is 29.5 Å². The first-order chi connectivity index (χ1) is 10.7. The predicted molar refractivity (Wildman–Crippen MR) is 91.8 cm³/mol. The van der Waals surface area contributed by atoms with Gasteiger partial charge in [-0.15, -0.1) is 0 Å². The van der Waals surface area contributed by atoms with Crippen LogP contribution in [0.2, 0.25) is 0 Å². The molecule has 0 saturated heterocycles. The largest absolute Gasteiger partial charge is 0.212 e. The summed E-state index contributed by atoms with van der Waals surface area (Å²) in [6.07, 6.45) is 2.10. The van der Waals surface area contributed by atoms with E-state index in [4.69, 9.17) is 0 Å². The minimum absolute atomic E-state index is 0.398. The van der Waals surface area contributed by atoms with E-state index in [2.05, 4.69) is 98.4 Å². The zero-order chi connectivity index (χ0) is 15.5. The van der Waals surface area contributed by atoms with E-state index in [-0.39, 0.29) is 0 Å². The van der Waals surface area contributed by atoms with Crippen molar-refractivity contribution in [1.82, 2.24) is 0 Å². The molecule has 0 aliphatic heterocycles. The molecule has 22 heavy (non-hydrogen) atoms. The molecule has 1 heterocycles. The van der Waals surface area contributed by atoms with Crippen molar-refractivity contribution in [2.45, 2.75) is 19.8 Å². The van der Waals surface area contributed by atoms with Gasteiger partial charge in [0.1, 0.15) is 7.05 Å². The highest BCUT2D eigenvalue weighted by Gasteiger charge is 2.15. The Hall–Kier alpha value is -2.41. The Morgan fingerprint density at radius 3 is 2.27 bits per heavy atom. The Balaban J connectivity index is 2.06. The minimum Gasteiger partial charge on any atom is -0.201 e. The van der Waals surface area contributed by atoms with E-state index in [9.17, 15) is 0 Å². The third kappa shape index (κ3) is 2.80. The van der Waals surface area contributed by atoms with E-state index in [0.717, 1.165) is 0 Å². The van der Waals surface area contributed by atoms with Gasteiger partial charge >= 0.3 is 0 Å². The van der Waals surface area contributed by atoms with Gasteiger partial charge in [-0.2, -0.15) is 0 Å². The zero-order valence-corrected chi connectivity index (χ0v) is 13.5. The second-order valence-corrected chi connectivity index (χ2v) is 5.90. The molecule has 0 N–H and O–H groups in total. The van der Waals surface area contributed by atoms with Crippen molar-refractivity contribution in [3.05, 3.63) is 89.6 Å². The molecule has 0 aliphatic carbocycles. The van der Waals surface area contributed by atoms with Crippen LogP contribution in [0.15, 0.2) is 72.9 Å². The van der Waals surface area contributed by atoms with Gasteiger partial charge in [0.05, 0.1) is 0 Å². The number of aromatic nitrogens is 1. The van der Waals surface area contributed by atoms with E-state index in [1.807, 2.05) is 0 Å². The fourth-order valence-corrected chi connectivity index (χ4v) is 2.92. The molecule has 0 spiro atoms. The second-order valence-electron chi connectivity index (χ2n) is 5.90. The Morgan fingerprint density at radius 2 is 1.55 bits per heavy atom. The third-order valence-electron chi connectivity index (χ3n) is 4.39. The lowest BCUT2D eigenvalue weighted by Gasteiger charge is -2.14. The maximum absolute atomic E-state index is 2.34. The first-order valence-corrected chi connectivity index (χ1v) is 7.77. The van der Waals surface area contributed by atoms with Crippen molar-refractivity contribution < 1.29 is 4.57 Å². The van der Waals surface area contributed by atoms with Gasteiger partial charge in [-0.3, -0.25) is 0 Å². The smallest absolute Gasteiger partial charge is 0.201 e. The SMILES string of the molecule is Cc1ccc(C(C)c2ccccc2)cc1-c1cccc[n+]1C. The van der Waals surface area contributed by atoms with Gasteiger partial charge < -0.3 is 0 Å². The van der Waals surface area contributed by atoms with Crippen molar-refractivity contribution in [3.8, 4) is 11.3 Å². The summed E-state index contributed by atoms with van der Waals surface area (Å²) < 4.78 is 2.18. The van der Waals surface area contributed by atoms with E-state index in [1.165, 1.54) is 27.9 Å². The number of nitrogens with zero attached hydrogens (tertiary/aromatic N) is 1. The highest BCUT2D eigenvalue weighted by molar-refractivity contribution is 5.62. The standard InChI is InChI=1S/C21H22N/c1-16-12-13-19(17(2)18-9-5-4-6-10-18)15-20(16)21-11-7-8-14-22(21)3/h4-15,17H,1-3H3/q+1. The number of aryl methyl sites for hydroxylation is 2. The van der Waals surface area contributed by atoms with Crippen molar-refractivity contribution in [1.29, 1.82) is 0 Å². The molecule has 0 fully saturated rings. The molecular weight excluding hydrogens is 266 g/mol. The van der Waals surface area contributed by atoms with Crippen LogP contribution in [-0.2, 0) is 7.05 Å². The van der Waals surface area contributed by atoms with Gasteiger partial charge in [0.25, 0.3) is 0 Å². The van der Waals surface area contributed by atoms with Crippen molar-refractivity contribution in [2.75, 3.05) is 0 Å². The van der Waals surface area contributed by atoms with Crippen molar-refractivity contribution in [3.63, 3.8) is 0 Å². The van der Waals surface area contributed by atoms with Gasteiger partial charge in [-0.25, -0.2) is 4.57 Å². The molecule has 3 aromatic rings. The van der Waals surface area contributed by atoms with Gasteiger partial charge in [0.2, 0.25) is 5.69 Å². The molecule has 2 aromatic carbocycles. The Labute approximate surface area is 132 Å². The molecule has 0 radical (unpaired) electrons. The lowest BCUT2D eigenvalue weighted by molar-refractivity contribution is -0.660. The summed E-state index contributed by atoms with van der Waals surface area (Å²) in [7, 11) is 2.10. The zero-order valence-electron chi connectivity index (χ0n) is 13.5. The van der Waals surface area contributed by atoms with Crippen LogP contribution < -0.4 is 4.57 Å². The van der Waals surface area contributed by atoms with Crippen LogP contribution in [0.4, 0.5) is 0 Å². The number of rotatable bonds is 3. The third-order valence-corrected chi connectivity index (χ3v) is 4.39. The minimum atomic E-state index is 0.398. The average Bonchev–Trinajstić information content (AvgIpc) is 2.56. The van der Waals surface area contributed by atoms with Crippen LogP contribution in [-0.4, -0.2) is 0 Å². The molecular formula is C21H22N+. The van der Waals surface area contributed by atoms with Crippen LogP contribution in [0.3, 0.4) is 0 Å². The van der Waals surface area contributed by atoms with Crippen molar-refractivity contribution >= 4 is 0 Å². The lowest BCUT2D eigenvalue weighted by atomic mass is 9.90. The van der Waals surface area contributed by atoms with Crippen LogP contribution in [0, 0.1) is 6.92 Å². The van der Waals surface area contributed by atoms with Gasteiger partial charge in [0.15, 0.2) is 6.20 Å². The average molecular weight is 288 g/mol. The molecule has 0 amide bonds. The molecule has 1 heteroatoms. The fraction of sp³-hybridized carbons (Fsp3) is 0.190. The molecule has 3 rings (SSSR count). The second kappa shape index (κ2) is 6.15. The normalized spacial score (nSPS) is 12.1. The summed E-state index contributed by atoms with van der Waals surface area (Å²) in [6, 6.07) is 23.9. The van der Waals surface area contributed by atoms with Crippen LogP contribution in [0.25, 0.3) is 11.3 Å². The lowest BCUT2D eigenvalue weighted by Crippen LogP contribution is -2.30. The molecule has 1 atom stereocenters. The van der Waals surface area contributed by atoms with E-state index in [0.29, 0.717) is 5.92 Å². The van der Waals surface area contributed by atoms with E-state index in [1.54, 1.807) is 0 Å².